The molecule has 1 saturated heterocycles. The number of benzene rings is 1. The van der Waals surface area contributed by atoms with Crippen molar-refractivity contribution in [2.24, 2.45) is 5.92 Å². The lowest BCUT2D eigenvalue weighted by atomic mass is 10.1. The van der Waals surface area contributed by atoms with E-state index in [4.69, 9.17) is 0 Å². The molecule has 3 heteroatoms. The number of amides is 1. The Morgan fingerprint density at radius 2 is 2.18 bits per heavy atom. The normalized spacial score (nSPS) is 20.0. The van der Waals surface area contributed by atoms with Gasteiger partial charge in [-0.3, -0.25) is 4.79 Å². The Kier molecular flexibility index (Phi) is 4.11. The lowest BCUT2D eigenvalue weighted by Gasteiger charge is -2.20. The van der Waals surface area contributed by atoms with Gasteiger partial charge in [0, 0.05) is 18.7 Å². The molecule has 1 heterocycles. The van der Waals surface area contributed by atoms with Crippen LogP contribution in [0.2, 0.25) is 0 Å². The molecule has 0 saturated carbocycles. The van der Waals surface area contributed by atoms with E-state index in [1.54, 1.807) is 0 Å². The summed E-state index contributed by atoms with van der Waals surface area (Å²) in [7, 11) is 0. The van der Waals surface area contributed by atoms with Gasteiger partial charge in [0.15, 0.2) is 0 Å². The molecule has 0 spiro atoms. The van der Waals surface area contributed by atoms with E-state index in [-0.39, 0.29) is 5.91 Å². The highest BCUT2D eigenvalue weighted by Crippen LogP contribution is 2.29. The average molecular weight is 249 g/mol. The first-order chi connectivity index (χ1) is 8.26. The molecule has 92 valence electrons. The third-order valence-electron chi connectivity index (χ3n) is 3.27. The summed E-state index contributed by atoms with van der Waals surface area (Å²) in [5.41, 5.74) is 2.38. The maximum absolute atomic E-state index is 12.0. The van der Waals surface area contributed by atoms with E-state index in [0.29, 0.717) is 12.3 Å². The number of nitrogens with zero attached hydrogens (tertiary/aromatic N) is 1. The maximum Gasteiger partial charge on any atom is 0.227 e. The predicted molar refractivity (Wildman–Crippen MR) is 74.8 cm³/mol. The number of thiol groups is 1. The molecule has 0 N–H and O–H groups in total. The summed E-state index contributed by atoms with van der Waals surface area (Å²) in [6.45, 7) is 2.99. The second-order valence-electron chi connectivity index (χ2n) is 4.64. The van der Waals surface area contributed by atoms with Gasteiger partial charge in [-0.1, -0.05) is 31.5 Å². The van der Waals surface area contributed by atoms with Crippen LogP contribution >= 0.6 is 12.6 Å². The highest BCUT2D eigenvalue weighted by Gasteiger charge is 2.30. The molecule has 17 heavy (non-hydrogen) atoms. The van der Waals surface area contributed by atoms with Crippen LogP contribution < -0.4 is 4.90 Å². The van der Waals surface area contributed by atoms with Gasteiger partial charge in [-0.15, -0.1) is 0 Å². The lowest BCUT2D eigenvalue weighted by Crippen LogP contribution is -2.25. The van der Waals surface area contributed by atoms with E-state index >= 15 is 0 Å². The molecule has 2 rings (SSSR count). The molecule has 1 aromatic rings. The zero-order chi connectivity index (χ0) is 12.3. The van der Waals surface area contributed by atoms with E-state index in [9.17, 15) is 4.79 Å². The monoisotopic (exact) mass is 249 g/mol. The van der Waals surface area contributed by atoms with Crippen LogP contribution in [-0.2, 0) is 11.2 Å². The van der Waals surface area contributed by atoms with Crippen molar-refractivity contribution in [2.45, 2.75) is 26.2 Å². The number of carbonyl (C=O) groups is 1. The molecule has 0 radical (unpaired) electrons. The topological polar surface area (TPSA) is 20.3 Å². The summed E-state index contributed by atoms with van der Waals surface area (Å²) in [6.07, 6.45) is 2.78. The number of hydrogen-bond acceptors (Lipinski definition) is 2. The Morgan fingerprint density at radius 1 is 1.41 bits per heavy atom. The minimum Gasteiger partial charge on any atom is -0.312 e. The van der Waals surface area contributed by atoms with Crippen molar-refractivity contribution in [1.29, 1.82) is 0 Å². The Bertz CT molecular complexity index is 405. The number of carbonyl (C=O) groups excluding carboxylic acids is 1. The fourth-order valence-corrected chi connectivity index (χ4v) is 2.64. The van der Waals surface area contributed by atoms with Crippen LogP contribution in [0.15, 0.2) is 24.3 Å². The summed E-state index contributed by atoms with van der Waals surface area (Å²) >= 11 is 4.30. The summed E-state index contributed by atoms with van der Waals surface area (Å²) < 4.78 is 0. The minimum absolute atomic E-state index is 0.243. The molecular weight excluding hydrogens is 230 g/mol. The fraction of sp³-hybridized carbons (Fsp3) is 0.500. The molecule has 1 aliphatic heterocycles. The molecule has 1 fully saturated rings. The van der Waals surface area contributed by atoms with Crippen LogP contribution in [0, 0.1) is 5.92 Å². The first-order valence-corrected chi connectivity index (χ1v) is 6.88. The van der Waals surface area contributed by atoms with Gasteiger partial charge in [0.1, 0.15) is 0 Å². The van der Waals surface area contributed by atoms with Crippen molar-refractivity contribution in [1.82, 2.24) is 0 Å². The van der Waals surface area contributed by atoms with Crippen LogP contribution in [-0.4, -0.2) is 18.2 Å². The van der Waals surface area contributed by atoms with Gasteiger partial charge in [-0.05, 0) is 29.7 Å². The quantitative estimate of drug-likeness (QED) is 0.814. The van der Waals surface area contributed by atoms with Crippen LogP contribution in [0.25, 0.3) is 0 Å². The van der Waals surface area contributed by atoms with E-state index in [2.05, 4.69) is 31.7 Å². The Labute approximate surface area is 108 Å². The molecule has 1 atom stereocenters. The zero-order valence-electron chi connectivity index (χ0n) is 10.2. The molecule has 0 aromatic heterocycles. The Morgan fingerprint density at radius 3 is 2.82 bits per heavy atom. The van der Waals surface area contributed by atoms with E-state index < -0.39 is 0 Å². The minimum atomic E-state index is 0.243. The standard InChI is InChI=1S/C14H19NOS/c1-2-5-12-6-3-4-7-13(12)15-9-11(10-17)8-14(15)16/h3-4,6-7,11,17H,2,5,8-10H2,1H3. The number of rotatable bonds is 4. The smallest absolute Gasteiger partial charge is 0.227 e. The third-order valence-corrected chi connectivity index (χ3v) is 3.78. The van der Waals surface area contributed by atoms with Gasteiger partial charge < -0.3 is 4.90 Å². The SMILES string of the molecule is CCCc1ccccc1N1CC(CS)CC1=O. The van der Waals surface area contributed by atoms with Gasteiger partial charge in [-0.2, -0.15) is 12.6 Å². The highest BCUT2D eigenvalue weighted by atomic mass is 32.1. The number of para-hydroxylation sites is 1. The maximum atomic E-state index is 12.0. The number of hydrogen-bond donors (Lipinski definition) is 1. The van der Waals surface area contributed by atoms with Crippen molar-refractivity contribution in [3.63, 3.8) is 0 Å². The number of anilines is 1. The summed E-state index contributed by atoms with van der Waals surface area (Å²) in [5.74, 6) is 1.44. The van der Waals surface area contributed by atoms with Gasteiger partial charge in [0.05, 0.1) is 0 Å². The van der Waals surface area contributed by atoms with Gasteiger partial charge in [0.25, 0.3) is 0 Å². The van der Waals surface area contributed by atoms with Crippen molar-refractivity contribution < 1.29 is 4.79 Å². The van der Waals surface area contributed by atoms with Crippen molar-refractivity contribution in [2.75, 3.05) is 17.2 Å². The molecule has 1 unspecified atom stereocenters. The lowest BCUT2D eigenvalue weighted by molar-refractivity contribution is -0.117. The van der Waals surface area contributed by atoms with E-state index in [1.165, 1.54) is 5.56 Å². The van der Waals surface area contributed by atoms with Crippen molar-refractivity contribution in [3.8, 4) is 0 Å². The molecule has 1 aromatic carbocycles. The Balaban J connectivity index is 2.25. The van der Waals surface area contributed by atoms with Crippen LogP contribution in [0.4, 0.5) is 5.69 Å². The van der Waals surface area contributed by atoms with Crippen LogP contribution in [0.1, 0.15) is 25.3 Å². The van der Waals surface area contributed by atoms with Crippen molar-refractivity contribution in [3.05, 3.63) is 29.8 Å². The number of aryl methyl sites for hydroxylation is 1. The van der Waals surface area contributed by atoms with Crippen LogP contribution in [0.3, 0.4) is 0 Å². The first kappa shape index (κ1) is 12.5. The molecule has 0 aliphatic carbocycles. The van der Waals surface area contributed by atoms with E-state index in [0.717, 1.165) is 30.8 Å². The molecule has 0 bridgehead atoms. The first-order valence-electron chi connectivity index (χ1n) is 6.25. The molecular formula is C14H19NOS. The predicted octanol–water partition coefficient (Wildman–Crippen LogP) is 2.92. The van der Waals surface area contributed by atoms with Crippen LogP contribution in [0.5, 0.6) is 0 Å². The second-order valence-corrected chi connectivity index (χ2v) is 5.00. The summed E-state index contributed by atoms with van der Waals surface area (Å²) in [6, 6.07) is 8.24. The summed E-state index contributed by atoms with van der Waals surface area (Å²) in [4.78, 5) is 13.9. The summed E-state index contributed by atoms with van der Waals surface area (Å²) in [5, 5.41) is 0. The van der Waals surface area contributed by atoms with Crippen molar-refractivity contribution >= 4 is 24.2 Å². The third kappa shape index (κ3) is 2.65. The average Bonchev–Trinajstić information content (AvgIpc) is 2.72. The fourth-order valence-electron chi connectivity index (χ4n) is 2.39. The molecule has 2 nitrogen and oxygen atoms in total. The van der Waals surface area contributed by atoms with Gasteiger partial charge >= 0.3 is 0 Å². The second kappa shape index (κ2) is 5.58. The molecule has 1 amide bonds. The highest BCUT2D eigenvalue weighted by molar-refractivity contribution is 7.80. The Hall–Kier alpha value is -0.960. The largest absolute Gasteiger partial charge is 0.312 e. The van der Waals surface area contributed by atoms with Gasteiger partial charge in [0.2, 0.25) is 5.91 Å². The zero-order valence-corrected chi connectivity index (χ0v) is 11.1. The molecule has 1 aliphatic rings. The van der Waals surface area contributed by atoms with E-state index in [1.807, 2.05) is 17.0 Å². The van der Waals surface area contributed by atoms with Gasteiger partial charge in [-0.25, -0.2) is 0 Å².